The number of hydrogen-bond donors (Lipinski definition) is 0. The highest BCUT2D eigenvalue weighted by molar-refractivity contribution is 4.51. The van der Waals surface area contributed by atoms with Gasteiger partial charge in [0.1, 0.15) is 0 Å². The maximum absolute atomic E-state index is 2.56. The Morgan fingerprint density at radius 1 is 0.333 bits per heavy atom. The Morgan fingerprint density at radius 2 is 0.556 bits per heavy atom. The Morgan fingerprint density at radius 3 is 0.815 bits per heavy atom. The number of unbranched alkanes of at least 4 members (excludes halogenated alkanes) is 16. The Bertz CT molecular complexity index is 257. The lowest BCUT2D eigenvalue weighted by Crippen LogP contribution is -2.46. The van der Waals surface area contributed by atoms with E-state index in [1.165, 1.54) is 146 Å². The van der Waals surface area contributed by atoms with E-state index in [1.807, 2.05) is 0 Å². The molecule has 0 heterocycles. The minimum atomic E-state index is 1.36. The van der Waals surface area contributed by atoms with Crippen LogP contribution < -0.4 is 0 Å². The Kier molecular flexibility index (Phi) is 20.7. The van der Waals surface area contributed by atoms with Crippen molar-refractivity contribution in [3.63, 3.8) is 0 Å². The zero-order valence-electron chi connectivity index (χ0n) is 20.0. The third-order valence-electron chi connectivity index (χ3n) is 6.40. The average Bonchev–Trinajstić information content (AvgIpc) is 2.67. The van der Waals surface area contributed by atoms with Crippen molar-refractivity contribution in [3.8, 4) is 0 Å². The smallest absolute Gasteiger partial charge is 0.0784 e. The molecule has 0 N–H and O–H groups in total. The van der Waals surface area contributed by atoms with Crippen molar-refractivity contribution in [1.82, 2.24) is 0 Å². The standard InChI is InChI=1S/C26H56N/c1-5-8-11-14-17-20-23-26-27(4,24-21-18-15-12-9-6-2)25-22-19-16-13-10-7-3/h5-26H2,1-4H3/q+1. The molecule has 27 heavy (non-hydrogen) atoms. The van der Waals surface area contributed by atoms with Gasteiger partial charge in [0.15, 0.2) is 0 Å². The zero-order chi connectivity index (χ0) is 20.1. The molecule has 0 fully saturated rings. The molecule has 0 aromatic rings. The van der Waals surface area contributed by atoms with Crippen LogP contribution in [-0.4, -0.2) is 31.2 Å². The van der Waals surface area contributed by atoms with Crippen molar-refractivity contribution in [3.05, 3.63) is 0 Å². The fourth-order valence-corrected chi connectivity index (χ4v) is 4.33. The van der Waals surface area contributed by atoms with Gasteiger partial charge >= 0.3 is 0 Å². The summed E-state index contributed by atoms with van der Waals surface area (Å²) in [7, 11) is 2.56. The van der Waals surface area contributed by atoms with Crippen LogP contribution in [0.4, 0.5) is 0 Å². The highest BCUT2D eigenvalue weighted by Gasteiger charge is 2.20. The van der Waals surface area contributed by atoms with E-state index < -0.39 is 0 Å². The van der Waals surface area contributed by atoms with Crippen molar-refractivity contribution in [1.29, 1.82) is 0 Å². The van der Waals surface area contributed by atoms with Gasteiger partial charge < -0.3 is 4.48 Å². The second kappa shape index (κ2) is 20.7. The molecule has 0 aromatic heterocycles. The molecule has 0 amide bonds. The fourth-order valence-electron chi connectivity index (χ4n) is 4.33. The third-order valence-corrected chi connectivity index (χ3v) is 6.40. The molecule has 0 unspecified atom stereocenters. The van der Waals surface area contributed by atoms with Crippen LogP contribution in [0.15, 0.2) is 0 Å². The van der Waals surface area contributed by atoms with Crippen LogP contribution in [0.25, 0.3) is 0 Å². The normalized spacial score (nSPS) is 12.0. The molecule has 0 spiro atoms. The maximum Gasteiger partial charge on any atom is 0.0784 e. The van der Waals surface area contributed by atoms with Crippen molar-refractivity contribution >= 4 is 0 Å². The zero-order valence-corrected chi connectivity index (χ0v) is 20.0. The molecule has 0 aliphatic carbocycles. The van der Waals surface area contributed by atoms with Crippen molar-refractivity contribution in [2.75, 3.05) is 26.7 Å². The summed E-state index contributed by atoms with van der Waals surface area (Å²) < 4.78 is 1.36. The van der Waals surface area contributed by atoms with Gasteiger partial charge in [0.2, 0.25) is 0 Å². The van der Waals surface area contributed by atoms with Crippen molar-refractivity contribution in [2.45, 2.75) is 143 Å². The maximum atomic E-state index is 2.56. The molecule has 0 rings (SSSR count). The average molecular weight is 383 g/mol. The summed E-state index contributed by atoms with van der Waals surface area (Å²) >= 11 is 0. The van der Waals surface area contributed by atoms with Crippen LogP contribution in [0.5, 0.6) is 0 Å². The molecule has 1 heteroatoms. The first-order valence-electron chi connectivity index (χ1n) is 13.0. The first-order valence-corrected chi connectivity index (χ1v) is 13.0. The van der Waals surface area contributed by atoms with E-state index in [1.54, 1.807) is 0 Å². The molecule has 0 saturated heterocycles. The summed E-state index contributed by atoms with van der Waals surface area (Å²) in [5.41, 5.74) is 0. The van der Waals surface area contributed by atoms with Gasteiger partial charge in [-0.25, -0.2) is 0 Å². The minimum absolute atomic E-state index is 1.36. The largest absolute Gasteiger partial charge is 0.326 e. The molecule has 0 atom stereocenters. The summed E-state index contributed by atoms with van der Waals surface area (Å²) in [6.45, 7) is 11.2. The van der Waals surface area contributed by atoms with E-state index in [9.17, 15) is 0 Å². The van der Waals surface area contributed by atoms with Crippen LogP contribution in [0.2, 0.25) is 0 Å². The van der Waals surface area contributed by atoms with Crippen LogP contribution in [0.3, 0.4) is 0 Å². The van der Waals surface area contributed by atoms with Gasteiger partial charge in [-0.3, -0.25) is 0 Å². The predicted octanol–water partition coefficient (Wildman–Crippen LogP) is 8.90. The first-order chi connectivity index (χ1) is 13.2. The number of hydrogen-bond acceptors (Lipinski definition) is 0. The summed E-state index contributed by atoms with van der Waals surface area (Å²) in [6.07, 6.45) is 27.3. The SMILES string of the molecule is CCCCCCCCC[N+](C)(CCCCCCCC)CCCCCCCC. The Labute approximate surface area is 174 Å². The number of nitrogens with zero attached hydrogens (tertiary/aromatic N) is 1. The lowest BCUT2D eigenvalue weighted by molar-refractivity contribution is -0.910. The summed E-state index contributed by atoms with van der Waals surface area (Å²) in [4.78, 5) is 0. The molecule has 0 bridgehead atoms. The Balaban J connectivity index is 4.02. The predicted molar refractivity (Wildman–Crippen MR) is 126 cm³/mol. The number of quaternary nitrogens is 1. The van der Waals surface area contributed by atoms with E-state index in [0.29, 0.717) is 0 Å². The molecule has 0 radical (unpaired) electrons. The van der Waals surface area contributed by atoms with Crippen molar-refractivity contribution in [2.24, 2.45) is 0 Å². The van der Waals surface area contributed by atoms with E-state index in [-0.39, 0.29) is 0 Å². The van der Waals surface area contributed by atoms with Gasteiger partial charge in [-0.15, -0.1) is 0 Å². The highest BCUT2D eigenvalue weighted by Crippen LogP contribution is 2.16. The summed E-state index contributed by atoms with van der Waals surface area (Å²) in [5, 5.41) is 0. The molecular weight excluding hydrogens is 326 g/mol. The fraction of sp³-hybridized carbons (Fsp3) is 1.00. The second-order valence-corrected chi connectivity index (χ2v) is 9.45. The third kappa shape index (κ3) is 19.1. The van der Waals surface area contributed by atoms with Gasteiger partial charge in [-0.1, -0.05) is 104 Å². The van der Waals surface area contributed by atoms with Gasteiger partial charge in [0.05, 0.1) is 26.7 Å². The van der Waals surface area contributed by atoms with E-state index >= 15 is 0 Å². The Hall–Kier alpha value is -0.0400. The molecule has 0 aliphatic rings. The molecule has 0 aliphatic heterocycles. The van der Waals surface area contributed by atoms with E-state index in [4.69, 9.17) is 0 Å². The van der Waals surface area contributed by atoms with Gasteiger partial charge in [-0.2, -0.15) is 0 Å². The molecular formula is C26H56N+. The molecule has 0 aromatic carbocycles. The van der Waals surface area contributed by atoms with Gasteiger partial charge in [-0.05, 0) is 38.5 Å². The lowest BCUT2D eigenvalue weighted by atomic mass is 10.1. The monoisotopic (exact) mass is 382 g/mol. The molecule has 164 valence electrons. The van der Waals surface area contributed by atoms with Crippen LogP contribution >= 0.6 is 0 Å². The van der Waals surface area contributed by atoms with E-state index in [2.05, 4.69) is 27.8 Å². The first kappa shape index (κ1) is 27.0. The van der Waals surface area contributed by atoms with Crippen LogP contribution in [-0.2, 0) is 0 Å². The second-order valence-electron chi connectivity index (χ2n) is 9.45. The topological polar surface area (TPSA) is 0 Å². The van der Waals surface area contributed by atoms with Crippen LogP contribution in [0, 0.1) is 0 Å². The summed E-state index contributed by atoms with van der Waals surface area (Å²) in [5.74, 6) is 0. The van der Waals surface area contributed by atoms with Gasteiger partial charge in [0, 0.05) is 0 Å². The number of rotatable bonds is 22. The lowest BCUT2D eigenvalue weighted by Gasteiger charge is -2.35. The van der Waals surface area contributed by atoms with Gasteiger partial charge in [0.25, 0.3) is 0 Å². The quantitative estimate of drug-likeness (QED) is 0.129. The molecule has 0 saturated carbocycles. The van der Waals surface area contributed by atoms with Crippen LogP contribution in [0.1, 0.15) is 143 Å². The summed E-state index contributed by atoms with van der Waals surface area (Å²) in [6, 6.07) is 0. The highest BCUT2D eigenvalue weighted by atomic mass is 15.3. The minimum Gasteiger partial charge on any atom is -0.326 e. The van der Waals surface area contributed by atoms with Crippen molar-refractivity contribution < 1.29 is 4.48 Å². The van der Waals surface area contributed by atoms with E-state index in [0.717, 1.165) is 0 Å². The molecule has 1 nitrogen and oxygen atoms in total.